The molecule has 4 nitrogen and oxygen atoms in total. The fourth-order valence-corrected chi connectivity index (χ4v) is 0.742. The van der Waals surface area contributed by atoms with Gasteiger partial charge in [0.05, 0.1) is 11.8 Å². The molecule has 0 fully saturated rings. The molecule has 1 aromatic rings. The van der Waals surface area contributed by atoms with Crippen LogP contribution in [-0.4, -0.2) is 11.4 Å². The molecule has 4 heteroatoms. The lowest BCUT2D eigenvalue weighted by atomic mass is 10.2. The maximum absolute atomic E-state index is 5.46. The first-order valence-electron chi connectivity index (χ1n) is 3.31. The SMILES string of the molecule is C=CN=Cc1onc(N)c1C=C. The normalized spacial score (nSPS) is 10.3. The minimum atomic E-state index is 0.315. The van der Waals surface area contributed by atoms with Gasteiger partial charge in [-0.05, 0) is 0 Å². The summed E-state index contributed by atoms with van der Waals surface area (Å²) < 4.78 is 4.85. The third-order valence-corrected chi connectivity index (χ3v) is 1.29. The van der Waals surface area contributed by atoms with E-state index in [9.17, 15) is 0 Å². The predicted molar refractivity (Wildman–Crippen MR) is 48.8 cm³/mol. The summed E-state index contributed by atoms with van der Waals surface area (Å²) in [5.41, 5.74) is 6.11. The molecular formula is C8H9N3O. The number of aliphatic imine (C=N–C) groups is 1. The Kier molecular flexibility index (Phi) is 2.42. The first-order chi connectivity index (χ1) is 5.79. The number of rotatable bonds is 3. The summed E-state index contributed by atoms with van der Waals surface area (Å²) >= 11 is 0. The molecule has 0 radical (unpaired) electrons. The molecule has 0 aliphatic rings. The van der Waals surface area contributed by atoms with Gasteiger partial charge in [-0.25, -0.2) is 0 Å². The van der Waals surface area contributed by atoms with E-state index in [4.69, 9.17) is 10.3 Å². The molecule has 0 atom stereocenters. The van der Waals surface area contributed by atoms with Crippen LogP contribution in [0.3, 0.4) is 0 Å². The average molecular weight is 163 g/mol. The summed E-state index contributed by atoms with van der Waals surface area (Å²) in [7, 11) is 0. The second kappa shape index (κ2) is 3.52. The number of nitrogen functional groups attached to an aromatic ring is 1. The zero-order chi connectivity index (χ0) is 8.97. The average Bonchev–Trinajstić information content (AvgIpc) is 2.43. The van der Waals surface area contributed by atoms with Crippen molar-refractivity contribution in [3.63, 3.8) is 0 Å². The minimum absolute atomic E-state index is 0.315. The molecule has 0 saturated carbocycles. The van der Waals surface area contributed by atoms with Gasteiger partial charge in [-0.2, -0.15) is 0 Å². The van der Waals surface area contributed by atoms with Crippen LogP contribution in [0.2, 0.25) is 0 Å². The van der Waals surface area contributed by atoms with Gasteiger partial charge in [0, 0.05) is 6.20 Å². The van der Waals surface area contributed by atoms with Crippen LogP contribution in [0.15, 0.2) is 28.9 Å². The van der Waals surface area contributed by atoms with Crippen molar-refractivity contribution in [2.24, 2.45) is 4.99 Å². The van der Waals surface area contributed by atoms with Crippen LogP contribution >= 0.6 is 0 Å². The zero-order valence-corrected chi connectivity index (χ0v) is 6.53. The summed E-state index contributed by atoms with van der Waals surface area (Å²) in [5.74, 6) is 0.804. The van der Waals surface area contributed by atoms with Crippen molar-refractivity contribution in [3.05, 3.63) is 30.7 Å². The molecule has 1 aromatic heterocycles. The third-order valence-electron chi connectivity index (χ3n) is 1.29. The minimum Gasteiger partial charge on any atom is -0.380 e. The molecule has 0 saturated heterocycles. The Hall–Kier alpha value is -1.84. The Morgan fingerprint density at radius 1 is 1.50 bits per heavy atom. The highest BCUT2D eigenvalue weighted by atomic mass is 16.5. The number of anilines is 1. The van der Waals surface area contributed by atoms with Gasteiger partial charge in [-0.3, -0.25) is 4.99 Å². The molecule has 0 aliphatic carbocycles. The van der Waals surface area contributed by atoms with Gasteiger partial charge in [-0.1, -0.05) is 24.4 Å². The van der Waals surface area contributed by atoms with Crippen LogP contribution in [-0.2, 0) is 0 Å². The first kappa shape index (κ1) is 8.26. The smallest absolute Gasteiger partial charge is 0.187 e. The maximum Gasteiger partial charge on any atom is 0.187 e. The molecule has 0 bridgehead atoms. The maximum atomic E-state index is 5.46. The summed E-state index contributed by atoms with van der Waals surface area (Å²) in [4.78, 5) is 3.77. The van der Waals surface area contributed by atoms with Crippen molar-refractivity contribution in [2.75, 3.05) is 5.73 Å². The Labute approximate surface area is 70.1 Å². The van der Waals surface area contributed by atoms with Crippen molar-refractivity contribution in [1.82, 2.24) is 5.16 Å². The second-order valence-electron chi connectivity index (χ2n) is 2.01. The third kappa shape index (κ3) is 1.42. The van der Waals surface area contributed by atoms with E-state index in [0.29, 0.717) is 17.1 Å². The molecule has 2 N–H and O–H groups in total. The molecule has 1 heterocycles. The van der Waals surface area contributed by atoms with Gasteiger partial charge in [0.1, 0.15) is 0 Å². The summed E-state index contributed by atoms with van der Waals surface area (Å²) in [6.07, 6.45) is 4.44. The second-order valence-corrected chi connectivity index (χ2v) is 2.01. The van der Waals surface area contributed by atoms with Crippen molar-refractivity contribution in [2.45, 2.75) is 0 Å². The van der Waals surface area contributed by atoms with Gasteiger partial charge in [-0.15, -0.1) is 0 Å². The van der Waals surface area contributed by atoms with E-state index in [1.807, 2.05) is 0 Å². The zero-order valence-electron chi connectivity index (χ0n) is 6.53. The monoisotopic (exact) mass is 163 g/mol. The number of hydrogen-bond acceptors (Lipinski definition) is 4. The molecule has 0 spiro atoms. The van der Waals surface area contributed by atoms with Crippen molar-refractivity contribution < 1.29 is 4.52 Å². The standard InChI is InChI=1S/C8H9N3O/c1-3-6-7(5-10-4-2)12-11-8(6)9/h3-5H,1-2H2,(H2,9,11). The van der Waals surface area contributed by atoms with Gasteiger partial charge < -0.3 is 10.3 Å². The lowest BCUT2D eigenvalue weighted by Gasteiger charge is -1.85. The number of aromatic nitrogens is 1. The molecule has 0 aromatic carbocycles. The van der Waals surface area contributed by atoms with E-state index in [2.05, 4.69) is 23.3 Å². The van der Waals surface area contributed by atoms with Crippen LogP contribution in [0.4, 0.5) is 5.82 Å². The van der Waals surface area contributed by atoms with Gasteiger partial charge >= 0.3 is 0 Å². The first-order valence-corrected chi connectivity index (χ1v) is 3.31. The summed E-state index contributed by atoms with van der Waals surface area (Å²) in [6.45, 7) is 6.99. The predicted octanol–water partition coefficient (Wildman–Crippen LogP) is 1.46. The summed E-state index contributed by atoms with van der Waals surface area (Å²) in [5, 5.41) is 3.55. The van der Waals surface area contributed by atoms with Gasteiger partial charge in [0.25, 0.3) is 0 Å². The largest absolute Gasteiger partial charge is 0.380 e. The highest BCUT2D eigenvalue weighted by Gasteiger charge is 2.06. The molecule has 1 rings (SSSR count). The Morgan fingerprint density at radius 3 is 2.83 bits per heavy atom. The Bertz CT molecular complexity index is 325. The molecule has 0 amide bonds. The van der Waals surface area contributed by atoms with E-state index in [1.165, 1.54) is 12.4 Å². The van der Waals surface area contributed by atoms with Crippen molar-refractivity contribution in [3.8, 4) is 0 Å². The number of hydrogen-bond donors (Lipinski definition) is 1. The molecule has 12 heavy (non-hydrogen) atoms. The summed E-state index contributed by atoms with van der Waals surface area (Å²) in [6, 6.07) is 0. The highest BCUT2D eigenvalue weighted by molar-refractivity contribution is 5.84. The van der Waals surface area contributed by atoms with Gasteiger partial charge in [0.15, 0.2) is 11.6 Å². The van der Waals surface area contributed by atoms with E-state index in [0.717, 1.165) is 0 Å². The molecule has 0 aliphatic heterocycles. The number of nitrogens with zero attached hydrogens (tertiary/aromatic N) is 2. The number of nitrogens with two attached hydrogens (primary N) is 1. The molecule has 0 unspecified atom stereocenters. The van der Waals surface area contributed by atoms with Crippen molar-refractivity contribution >= 4 is 18.1 Å². The van der Waals surface area contributed by atoms with Crippen LogP contribution in [0, 0.1) is 0 Å². The highest BCUT2D eigenvalue weighted by Crippen LogP contribution is 2.15. The van der Waals surface area contributed by atoms with E-state index < -0.39 is 0 Å². The van der Waals surface area contributed by atoms with E-state index in [-0.39, 0.29) is 0 Å². The van der Waals surface area contributed by atoms with Crippen LogP contribution in [0.25, 0.3) is 6.08 Å². The Balaban J connectivity index is 3.06. The Morgan fingerprint density at radius 2 is 2.25 bits per heavy atom. The lowest BCUT2D eigenvalue weighted by molar-refractivity contribution is 0.418. The van der Waals surface area contributed by atoms with Crippen molar-refractivity contribution in [1.29, 1.82) is 0 Å². The molecule has 62 valence electrons. The fourth-order valence-electron chi connectivity index (χ4n) is 0.742. The topological polar surface area (TPSA) is 64.4 Å². The van der Waals surface area contributed by atoms with Crippen LogP contribution < -0.4 is 5.73 Å². The van der Waals surface area contributed by atoms with Crippen LogP contribution in [0.1, 0.15) is 11.3 Å². The van der Waals surface area contributed by atoms with Gasteiger partial charge in [0.2, 0.25) is 0 Å². The lowest BCUT2D eigenvalue weighted by Crippen LogP contribution is -1.87. The van der Waals surface area contributed by atoms with E-state index in [1.54, 1.807) is 6.08 Å². The fraction of sp³-hybridized carbons (Fsp3) is 0. The molecular weight excluding hydrogens is 154 g/mol. The van der Waals surface area contributed by atoms with Crippen LogP contribution in [0.5, 0.6) is 0 Å². The van der Waals surface area contributed by atoms with E-state index >= 15 is 0 Å². The quantitative estimate of drug-likeness (QED) is 0.686.